The highest BCUT2D eigenvalue weighted by Crippen LogP contribution is 2.38. The molecule has 0 radical (unpaired) electrons. The molecular formula is C29H31N2O8+. The smallest absolute Gasteiger partial charge is 0.304 e. The SMILES string of the molecule is CC(=O)OC1C(C)OC([n+]2ccc3c(C)c4[nH]c5ccc(O)cc5c4c(C)c3c2)C(OC(C)=O)C1OC(C)=O. The Balaban J connectivity index is 1.68. The van der Waals surface area contributed by atoms with Crippen LogP contribution < -0.4 is 4.57 Å². The molecule has 1 aliphatic heterocycles. The maximum absolute atomic E-state index is 12.2. The summed E-state index contributed by atoms with van der Waals surface area (Å²) in [5.74, 6) is -1.61. The predicted octanol–water partition coefficient (Wildman–Crippen LogP) is 3.80. The number of nitrogens with one attached hydrogen (secondary N) is 1. The molecule has 2 N–H and O–H groups in total. The lowest BCUT2D eigenvalue weighted by Gasteiger charge is -2.41. The number of carbonyl (C=O) groups excluding carboxylic acids is 3. The van der Waals surface area contributed by atoms with E-state index < -0.39 is 48.6 Å². The van der Waals surface area contributed by atoms with Crippen molar-refractivity contribution < 1.29 is 43.0 Å². The number of aromatic hydroxyl groups is 1. The quantitative estimate of drug-likeness (QED) is 0.230. The summed E-state index contributed by atoms with van der Waals surface area (Å²) in [5.41, 5.74) is 3.92. The van der Waals surface area contributed by atoms with E-state index in [4.69, 9.17) is 18.9 Å². The number of aryl methyl sites for hydroxylation is 2. The van der Waals surface area contributed by atoms with E-state index in [2.05, 4.69) is 4.98 Å². The average Bonchev–Trinajstić information content (AvgIpc) is 3.24. The first-order valence-corrected chi connectivity index (χ1v) is 12.7. The normalized spacial score (nSPS) is 23.2. The number of H-pyrrole nitrogens is 1. The fourth-order valence-electron chi connectivity index (χ4n) is 5.64. The molecule has 1 aliphatic rings. The first-order chi connectivity index (χ1) is 18.5. The van der Waals surface area contributed by atoms with Crippen molar-refractivity contribution in [1.82, 2.24) is 4.98 Å². The number of aromatic amines is 1. The molecule has 5 rings (SSSR count). The molecule has 10 nitrogen and oxygen atoms in total. The number of aromatic nitrogens is 2. The number of phenolic OH excluding ortho intramolecular Hbond substituents is 1. The Morgan fingerprint density at radius 3 is 2.18 bits per heavy atom. The Kier molecular flexibility index (Phi) is 6.67. The van der Waals surface area contributed by atoms with E-state index in [1.165, 1.54) is 20.8 Å². The summed E-state index contributed by atoms with van der Waals surface area (Å²) in [6.07, 6.45) is -0.995. The number of pyridine rings is 1. The highest BCUT2D eigenvalue weighted by molar-refractivity contribution is 6.16. The van der Waals surface area contributed by atoms with Gasteiger partial charge in [0.05, 0.1) is 5.52 Å². The van der Waals surface area contributed by atoms with Gasteiger partial charge in [0.25, 0.3) is 0 Å². The van der Waals surface area contributed by atoms with Crippen LogP contribution in [0.2, 0.25) is 0 Å². The molecule has 1 fully saturated rings. The van der Waals surface area contributed by atoms with Gasteiger partial charge in [0.1, 0.15) is 11.9 Å². The highest BCUT2D eigenvalue weighted by atomic mass is 16.7. The molecule has 5 unspecified atom stereocenters. The molecule has 3 heterocycles. The van der Waals surface area contributed by atoms with E-state index in [-0.39, 0.29) is 5.75 Å². The summed E-state index contributed by atoms with van der Waals surface area (Å²) in [5, 5.41) is 14.0. The van der Waals surface area contributed by atoms with Crippen molar-refractivity contribution >= 4 is 50.5 Å². The lowest BCUT2D eigenvalue weighted by atomic mass is 9.95. The Morgan fingerprint density at radius 2 is 1.51 bits per heavy atom. The summed E-state index contributed by atoms with van der Waals surface area (Å²) in [7, 11) is 0. The number of phenols is 1. The molecule has 0 spiro atoms. The minimum Gasteiger partial charge on any atom is -0.508 e. The molecule has 0 bridgehead atoms. The van der Waals surface area contributed by atoms with Gasteiger partial charge in [-0.3, -0.25) is 14.4 Å². The third-order valence-electron chi connectivity index (χ3n) is 7.27. The Hall–Kier alpha value is -4.18. The summed E-state index contributed by atoms with van der Waals surface area (Å²) in [6.45, 7) is 9.49. The summed E-state index contributed by atoms with van der Waals surface area (Å²) in [6, 6.07) is 7.20. The molecule has 5 atom stereocenters. The molecule has 2 aromatic heterocycles. The molecule has 204 valence electrons. The second-order valence-corrected chi connectivity index (χ2v) is 10.0. The van der Waals surface area contributed by atoms with Crippen LogP contribution in [-0.4, -0.2) is 52.4 Å². The third-order valence-corrected chi connectivity index (χ3v) is 7.27. The Morgan fingerprint density at radius 1 is 0.872 bits per heavy atom. The van der Waals surface area contributed by atoms with E-state index in [0.717, 1.165) is 43.7 Å². The van der Waals surface area contributed by atoms with Crippen molar-refractivity contribution in [2.24, 2.45) is 0 Å². The zero-order valence-electron chi connectivity index (χ0n) is 22.6. The number of ether oxygens (including phenoxy) is 4. The topological polar surface area (TPSA) is 128 Å². The number of fused-ring (bicyclic) bond motifs is 4. The molecule has 2 aromatic carbocycles. The fraction of sp³-hybridized carbons (Fsp3) is 0.379. The van der Waals surface area contributed by atoms with E-state index in [1.54, 1.807) is 23.6 Å². The van der Waals surface area contributed by atoms with E-state index in [1.807, 2.05) is 38.4 Å². The third kappa shape index (κ3) is 4.65. The molecule has 1 saturated heterocycles. The van der Waals surface area contributed by atoms with Crippen LogP contribution in [-0.2, 0) is 33.3 Å². The van der Waals surface area contributed by atoms with Gasteiger partial charge in [-0.25, -0.2) is 0 Å². The fourth-order valence-corrected chi connectivity index (χ4v) is 5.64. The zero-order valence-corrected chi connectivity index (χ0v) is 22.6. The highest BCUT2D eigenvalue weighted by Gasteiger charge is 2.54. The van der Waals surface area contributed by atoms with E-state index in [0.29, 0.717) is 0 Å². The van der Waals surface area contributed by atoms with Gasteiger partial charge in [-0.2, -0.15) is 4.57 Å². The van der Waals surface area contributed by atoms with Gasteiger partial charge in [-0.05, 0) is 55.5 Å². The van der Waals surface area contributed by atoms with Crippen molar-refractivity contribution in [2.45, 2.75) is 72.2 Å². The van der Waals surface area contributed by atoms with Crippen LogP contribution >= 0.6 is 0 Å². The zero-order chi connectivity index (χ0) is 28.2. The van der Waals surface area contributed by atoms with Gasteiger partial charge >= 0.3 is 24.1 Å². The second-order valence-electron chi connectivity index (χ2n) is 10.0. The lowest BCUT2D eigenvalue weighted by Crippen LogP contribution is -2.64. The van der Waals surface area contributed by atoms with Gasteiger partial charge in [0.15, 0.2) is 24.6 Å². The lowest BCUT2D eigenvalue weighted by molar-refractivity contribution is -0.776. The first kappa shape index (κ1) is 26.4. The molecule has 10 heteroatoms. The van der Waals surface area contributed by atoms with Crippen LogP contribution in [0.15, 0.2) is 36.7 Å². The van der Waals surface area contributed by atoms with Crippen LogP contribution in [0.1, 0.15) is 45.0 Å². The number of carbonyl (C=O) groups is 3. The number of rotatable bonds is 4. The molecule has 0 amide bonds. The minimum absolute atomic E-state index is 0.177. The minimum atomic E-state index is -1.09. The number of hydrogen-bond donors (Lipinski definition) is 2. The van der Waals surface area contributed by atoms with Gasteiger partial charge < -0.3 is 29.0 Å². The number of esters is 3. The molecule has 0 aliphatic carbocycles. The van der Waals surface area contributed by atoms with Crippen LogP contribution in [0.25, 0.3) is 32.6 Å². The second kappa shape index (κ2) is 9.85. The van der Waals surface area contributed by atoms with Crippen LogP contribution in [0, 0.1) is 13.8 Å². The predicted molar refractivity (Wildman–Crippen MR) is 141 cm³/mol. The van der Waals surface area contributed by atoms with Gasteiger partial charge in [-0.1, -0.05) is 0 Å². The van der Waals surface area contributed by atoms with Gasteiger partial charge in [-0.15, -0.1) is 0 Å². The maximum Gasteiger partial charge on any atom is 0.304 e. The molecule has 39 heavy (non-hydrogen) atoms. The Bertz CT molecular complexity index is 1640. The number of benzene rings is 2. The largest absolute Gasteiger partial charge is 0.508 e. The summed E-state index contributed by atoms with van der Waals surface area (Å²) >= 11 is 0. The Labute approximate surface area is 224 Å². The van der Waals surface area contributed by atoms with Crippen molar-refractivity contribution in [2.75, 3.05) is 0 Å². The van der Waals surface area contributed by atoms with Gasteiger partial charge in [0.2, 0.25) is 6.10 Å². The number of hydrogen-bond acceptors (Lipinski definition) is 8. The first-order valence-electron chi connectivity index (χ1n) is 12.7. The summed E-state index contributed by atoms with van der Waals surface area (Å²) < 4.78 is 24.7. The van der Waals surface area contributed by atoms with E-state index in [9.17, 15) is 19.5 Å². The van der Waals surface area contributed by atoms with Crippen molar-refractivity contribution in [3.05, 3.63) is 47.8 Å². The molecule has 4 aromatic rings. The van der Waals surface area contributed by atoms with Crippen molar-refractivity contribution in [3.8, 4) is 5.75 Å². The number of nitrogens with zero attached hydrogens (tertiary/aromatic N) is 1. The standard InChI is InChI=1S/C29H30N2O8/c1-13-22-12-31(10-9-20(22)14(2)25-24(13)21-11-19(35)7-8-23(21)30-25)29-28(39-18(6)34)27(38-17(5)33)26(15(3)36-29)37-16(4)32/h7-12,15,26-29,35H,1-6H3/p+1. The van der Waals surface area contributed by atoms with Crippen molar-refractivity contribution in [1.29, 1.82) is 0 Å². The maximum atomic E-state index is 12.2. The van der Waals surface area contributed by atoms with Crippen LogP contribution in [0.5, 0.6) is 5.75 Å². The van der Waals surface area contributed by atoms with E-state index >= 15 is 0 Å². The van der Waals surface area contributed by atoms with Crippen LogP contribution in [0.3, 0.4) is 0 Å². The molecular weight excluding hydrogens is 504 g/mol. The van der Waals surface area contributed by atoms with Crippen LogP contribution in [0.4, 0.5) is 0 Å². The summed E-state index contributed by atoms with van der Waals surface area (Å²) in [4.78, 5) is 39.5. The van der Waals surface area contributed by atoms with Crippen molar-refractivity contribution in [3.63, 3.8) is 0 Å². The van der Waals surface area contributed by atoms with Gasteiger partial charge in [0, 0.05) is 48.5 Å². The molecule has 0 saturated carbocycles. The average molecular weight is 536 g/mol. The monoisotopic (exact) mass is 535 g/mol.